The van der Waals surface area contributed by atoms with Crippen molar-refractivity contribution in [1.82, 2.24) is 0 Å². The van der Waals surface area contributed by atoms with Gasteiger partial charge in [-0.2, -0.15) is 0 Å². The maximum absolute atomic E-state index is 12.0. The van der Waals surface area contributed by atoms with Crippen molar-refractivity contribution in [2.75, 3.05) is 5.32 Å². The fourth-order valence-electron chi connectivity index (χ4n) is 2.56. The van der Waals surface area contributed by atoms with E-state index in [0.717, 1.165) is 17.7 Å². The third-order valence-electron chi connectivity index (χ3n) is 3.81. The molecule has 0 radical (unpaired) electrons. The van der Waals surface area contributed by atoms with E-state index < -0.39 is 0 Å². The molecule has 0 fully saturated rings. The van der Waals surface area contributed by atoms with Crippen molar-refractivity contribution >= 4 is 17.4 Å². The van der Waals surface area contributed by atoms with Crippen LogP contribution in [-0.2, 0) is 11.4 Å². The van der Waals surface area contributed by atoms with Gasteiger partial charge in [0.2, 0.25) is 5.91 Å². The van der Waals surface area contributed by atoms with E-state index >= 15 is 0 Å². The van der Waals surface area contributed by atoms with E-state index in [1.165, 1.54) is 6.92 Å². The van der Waals surface area contributed by atoms with Gasteiger partial charge in [0.25, 0.3) is 0 Å². The van der Waals surface area contributed by atoms with Gasteiger partial charge in [0.1, 0.15) is 18.1 Å². The third-order valence-corrected chi connectivity index (χ3v) is 3.81. The standard InChI is InChI=1S/C22H27NO4/c1-5-6-22(25)23-18-9-12-21(20(13-18)16(4)24)26-14-17-7-10-19(11-8-17)27-15(2)3/h7-13,15H,5-6,14H2,1-4H3,(H,23,25). The number of benzene rings is 2. The second kappa shape index (κ2) is 9.76. The first-order chi connectivity index (χ1) is 12.9. The molecule has 5 nitrogen and oxygen atoms in total. The van der Waals surface area contributed by atoms with Crippen LogP contribution < -0.4 is 14.8 Å². The first-order valence-corrected chi connectivity index (χ1v) is 9.22. The minimum atomic E-state index is -0.114. The number of carbonyl (C=O) groups is 2. The summed E-state index contributed by atoms with van der Waals surface area (Å²) in [5, 5.41) is 2.80. The molecule has 0 saturated heterocycles. The molecule has 27 heavy (non-hydrogen) atoms. The van der Waals surface area contributed by atoms with Crippen molar-refractivity contribution in [3.05, 3.63) is 53.6 Å². The van der Waals surface area contributed by atoms with Crippen molar-refractivity contribution in [3.8, 4) is 11.5 Å². The fourth-order valence-corrected chi connectivity index (χ4v) is 2.56. The molecular formula is C22H27NO4. The number of carbonyl (C=O) groups excluding carboxylic acids is 2. The highest BCUT2D eigenvalue weighted by molar-refractivity contribution is 5.99. The van der Waals surface area contributed by atoms with Crippen LogP contribution in [-0.4, -0.2) is 17.8 Å². The average molecular weight is 369 g/mol. The number of hydrogen-bond acceptors (Lipinski definition) is 4. The molecule has 0 atom stereocenters. The zero-order valence-corrected chi connectivity index (χ0v) is 16.4. The van der Waals surface area contributed by atoms with E-state index in [1.807, 2.05) is 45.0 Å². The summed E-state index contributed by atoms with van der Waals surface area (Å²) in [6, 6.07) is 12.8. The summed E-state index contributed by atoms with van der Waals surface area (Å²) in [5.41, 5.74) is 2.02. The summed E-state index contributed by atoms with van der Waals surface area (Å²) in [4.78, 5) is 23.7. The molecule has 0 aliphatic rings. The molecule has 2 aromatic carbocycles. The molecule has 0 aromatic heterocycles. The van der Waals surface area contributed by atoms with Crippen LogP contribution in [0.3, 0.4) is 0 Å². The van der Waals surface area contributed by atoms with Crippen LogP contribution in [0.25, 0.3) is 0 Å². The third kappa shape index (κ3) is 6.44. The van der Waals surface area contributed by atoms with Gasteiger partial charge < -0.3 is 14.8 Å². The maximum Gasteiger partial charge on any atom is 0.224 e. The fraction of sp³-hybridized carbons (Fsp3) is 0.364. The normalized spacial score (nSPS) is 10.6. The molecule has 0 bridgehead atoms. The van der Waals surface area contributed by atoms with E-state index in [4.69, 9.17) is 9.47 Å². The zero-order chi connectivity index (χ0) is 19.8. The van der Waals surface area contributed by atoms with Gasteiger partial charge in [-0.25, -0.2) is 0 Å². The molecule has 0 saturated carbocycles. The number of nitrogens with one attached hydrogen (secondary N) is 1. The summed E-state index contributed by atoms with van der Waals surface area (Å²) in [7, 11) is 0. The zero-order valence-electron chi connectivity index (χ0n) is 16.4. The Hall–Kier alpha value is -2.82. The highest BCUT2D eigenvalue weighted by Gasteiger charge is 2.11. The highest BCUT2D eigenvalue weighted by Crippen LogP contribution is 2.25. The Balaban J connectivity index is 2.06. The maximum atomic E-state index is 12.0. The van der Waals surface area contributed by atoms with Gasteiger partial charge in [-0.15, -0.1) is 0 Å². The lowest BCUT2D eigenvalue weighted by Gasteiger charge is -2.13. The molecule has 0 heterocycles. The minimum absolute atomic E-state index is 0.0654. The SMILES string of the molecule is CCCC(=O)Nc1ccc(OCc2ccc(OC(C)C)cc2)c(C(C)=O)c1. The smallest absolute Gasteiger partial charge is 0.224 e. The summed E-state index contributed by atoms with van der Waals surface area (Å²) in [6.07, 6.45) is 1.35. The Labute approximate surface area is 160 Å². The lowest BCUT2D eigenvalue weighted by Crippen LogP contribution is -2.11. The minimum Gasteiger partial charge on any atom is -0.491 e. The van der Waals surface area contributed by atoms with Gasteiger partial charge in [-0.3, -0.25) is 9.59 Å². The number of Topliss-reactive ketones (excluding diaryl/α,β-unsaturated/α-hetero) is 1. The molecule has 0 spiro atoms. The monoisotopic (exact) mass is 369 g/mol. The van der Waals surface area contributed by atoms with E-state index in [-0.39, 0.29) is 17.8 Å². The van der Waals surface area contributed by atoms with Crippen LogP contribution in [0, 0.1) is 0 Å². The number of rotatable bonds is 9. The van der Waals surface area contributed by atoms with Crippen LogP contribution in [0.5, 0.6) is 11.5 Å². The van der Waals surface area contributed by atoms with Crippen molar-refractivity contribution in [2.24, 2.45) is 0 Å². The van der Waals surface area contributed by atoms with Crippen molar-refractivity contribution in [2.45, 2.75) is 53.2 Å². The van der Waals surface area contributed by atoms with Gasteiger partial charge in [0.05, 0.1) is 11.7 Å². The lowest BCUT2D eigenvalue weighted by molar-refractivity contribution is -0.116. The van der Waals surface area contributed by atoms with Crippen LogP contribution in [0.4, 0.5) is 5.69 Å². The molecule has 2 aromatic rings. The second-order valence-electron chi connectivity index (χ2n) is 6.66. The van der Waals surface area contributed by atoms with Gasteiger partial charge in [-0.1, -0.05) is 19.1 Å². The number of ketones is 1. The van der Waals surface area contributed by atoms with E-state index in [0.29, 0.717) is 30.0 Å². The number of hydrogen-bond donors (Lipinski definition) is 1. The largest absolute Gasteiger partial charge is 0.491 e. The first kappa shape index (κ1) is 20.5. The number of ether oxygens (including phenoxy) is 2. The average Bonchev–Trinajstić information content (AvgIpc) is 2.61. The van der Waals surface area contributed by atoms with Gasteiger partial charge >= 0.3 is 0 Å². The molecule has 5 heteroatoms. The molecule has 144 valence electrons. The Morgan fingerprint density at radius 3 is 2.37 bits per heavy atom. The molecule has 0 aliphatic heterocycles. The molecule has 2 rings (SSSR count). The van der Waals surface area contributed by atoms with Crippen LogP contribution in [0.15, 0.2) is 42.5 Å². The summed E-state index contributed by atoms with van der Waals surface area (Å²) in [5.74, 6) is 1.13. The lowest BCUT2D eigenvalue weighted by atomic mass is 10.1. The highest BCUT2D eigenvalue weighted by atomic mass is 16.5. The Kier molecular flexibility index (Phi) is 7.41. The Bertz CT molecular complexity index is 781. The summed E-state index contributed by atoms with van der Waals surface area (Å²) in [6.45, 7) is 7.73. The molecule has 0 unspecified atom stereocenters. The summed E-state index contributed by atoms with van der Waals surface area (Å²) >= 11 is 0. The molecule has 1 amide bonds. The number of anilines is 1. The van der Waals surface area contributed by atoms with Crippen molar-refractivity contribution in [3.63, 3.8) is 0 Å². The van der Waals surface area contributed by atoms with Gasteiger partial charge in [0, 0.05) is 12.1 Å². The molecule has 1 N–H and O–H groups in total. The van der Waals surface area contributed by atoms with Gasteiger partial charge in [-0.05, 0) is 63.1 Å². The van der Waals surface area contributed by atoms with Crippen molar-refractivity contribution in [1.29, 1.82) is 0 Å². The Morgan fingerprint density at radius 1 is 1.07 bits per heavy atom. The van der Waals surface area contributed by atoms with E-state index in [2.05, 4.69) is 5.32 Å². The summed E-state index contributed by atoms with van der Waals surface area (Å²) < 4.78 is 11.5. The number of amides is 1. The Morgan fingerprint density at radius 2 is 1.78 bits per heavy atom. The van der Waals surface area contributed by atoms with Crippen LogP contribution in [0.2, 0.25) is 0 Å². The van der Waals surface area contributed by atoms with Gasteiger partial charge in [0.15, 0.2) is 5.78 Å². The molecular weight excluding hydrogens is 342 g/mol. The molecule has 0 aliphatic carbocycles. The van der Waals surface area contributed by atoms with Crippen molar-refractivity contribution < 1.29 is 19.1 Å². The van der Waals surface area contributed by atoms with Crippen LogP contribution in [0.1, 0.15) is 56.5 Å². The predicted octanol–water partition coefficient (Wildman–Crippen LogP) is 4.99. The second-order valence-corrected chi connectivity index (χ2v) is 6.66. The van der Waals surface area contributed by atoms with E-state index in [9.17, 15) is 9.59 Å². The first-order valence-electron chi connectivity index (χ1n) is 9.22. The topological polar surface area (TPSA) is 64.6 Å². The predicted molar refractivity (Wildman–Crippen MR) is 107 cm³/mol. The van der Waals surface area contributed by atoms with Crippen LogP contribution >= 0.6 is 0 Å². The van der Waals surface area contributed by atoms with E-state index in [1.54, 1.807) is 18.2 Å². The quantitative estimate of drug-likeness (QED) is 0.632.